The number of aliphatic hydroxyl groups is 1. The van der Waals surface area contributed by atoms with E-state index in [4.69, 9.17) is 35.5 Å². The summed E-state index contributed by atoms with van der Waals surface area (Å²) in [5.41, 5.74) is 7.02. The second kappa shape index (κ2) is 19.1. The van der Waals surface area contributed by atoms with Gasteiger partial charge in [-0.1, -0.05) is 11.6 Å². The number of carbonyl (C=O) groups is 2. The molecule has 0 bridgehead atoms. The molecule has 1 atom stereocenters. The minimum Gasteiger partial charge on any atom is -0.495 e. The van der Waals surface area contributed by atoms with Gasteiger partial charge in [-0.2, -0.15) is 21.2 Å². The number of nitrogens with one attached hydrogen (secondary N) is 3. The first-order valence-electron chi connectivity index (χ1n) is 16.4. The SMILES string of the molecule is C=NCCNOC1(c2cc(/N=N\C(C(C)=O)C(=O)Nc3cc(CO)c(Cl)cc3OC)cc(C3(ONCCN=C)CCOCC3)c2)CCOCC1. The highest BCUT2D eigenvalue weighted by Gasteiger charge is 2.41. The van der Waals surface area contributed by atoms with Crippen molar-refractivity contribution >= 4 is 48.1 Å². The maximum Gasteiger partial charge on any atom is 0.258 e. The number of aliphatic imine (C=N–C) groups is 2. The summed E-state index contributed by atoms with van der Waals surface area (Å²) in [6.45, 7) is 11.7. The molecule has 4 N–H and O–H groups in total. The van der Waals surface area contributed by atoms with E-state index < -0.39 is 28.9 Å². The molecular weight excluding hydrogens is 670 g/mol. The van der Waals surface area contributed by atoms with E-state index in [0.717, 1.165) is 11.1 Å². The van der Waals surface area contributed by atoms with Crippen molar-refractivity contribution in [3.63, 3.8) is 0 Å². The second-order valence-electron chi connectivity index (χ2n) is 11.9. The molecular formula is C34H46ClN7O8. The summed E-state index contributed by atoms with van der Waals surface area (Å²) in [7, 11) is 1.41. The molecule has 15 nitrogen and oxygen atoms in total. The van der Waals surface area contributed by atoms with Gasteiger partial charge in [0.1, 0.15) is 17.0 Å². The highest BCUT2D eigenvalue weighted by Crippen LogP contribution is 2.43. The van der Waals surface area contributed by atoms with Crippen LogP contribution in [0.15, 0.2) is 50.5 Å². The van der Waals surface area contributed by atoms with Gasteiger partial charge in [-0.15, -0.1) is 0 Å². The third-order valence-electron chi connectivity index (χ3n) is 8.57. The molecule has 272 valence electrons. The number of aliphatic hydroxyl groups excluding tert-OH is 1. The van der Waals surface area contributed by atoms with Crippen molar-refractivity contribution in [2.45, 2.75) is 56.5 Å². The lowest BCUT2D eigenvalue weighted by Crippen LogP contribution is -2.43. The number of benzene rings is 2. The molecule has 4 rings (SSSR count). The molecule has 2 saturated heterocycles. The Bertz CT molecular complexity index is 1460. The van der Waals surface area contributed by atoms with Gasteiger partial charge in [-0.25, -0.2) is 0 Å². The lowest BCUT2D eigenvalue weighted by Gasteiger charge is -2.40. The maximum absolute atomic E-state index is 13.5. The van der Waals surface area contributed by atoms with Crippen molar-refractivity contribution in [3.05, 3.63) is 52.0 Å². The van der Waals surface area contributed by atoms with Crippen LogP contribution in [0.4, 0.5) is 11.4 Å². The topological polar surface area (TPSA) is 186 Å². The van der Waals surface area contributed by atoms with Crippen molar-refractivity contribution in [1.82, 2.24) is 11.0 Å². The summed E-state index contributed by atoms with van der Waals surface area (Å²) in [6.07, 6.45) is 2.16. The van der Waals surface area contributed by atoms with Crippen LogP contribution < -0.4 is 21.0 Å². The summed E-state index contributed by atoms with van der Waals surface area (Å²) in [6, 6.07) is 7.15. The Balaban J connectivity index is 1.75. The molecule has 1 unspecified atom stereocenters. The number of methoxy groups -OCH3 is 1. The number of halogens is 1. The largest absolute Gasteiger partial charge is 0.495 e. The molecule has 0 aliphatic carbocycles. The van der Waals surface area contributed by atoms with Gasteiger partial charge in [-0.3, -0.25) is 29.2 Å². The lowest BCUT2D eigenvalue weighted by atomic mass is 9.80. The van der Waals surface area contributed by atoms with E-state index in [1.54, 1.807) is 0 Å². The molecule has 0 radical (unpaired) electrons. The number of anilines is 1. The van der Waals surface area contributed by atoms with Crippen LogP contribution in [0.25, 0.3) is 0 Å². The van der Waals surface area contributed by atoms with Gasteiger partial charge in [0.25, 0.3) is 5.91 Å². The first-order valence-corrected chi connectivity index (χ1v) is 16.8. The highest BCUT2D eigenvalue weighted by atomic mass is 35.5. The van der Waals surface area contributed by atoms with E-state index in [-0.39, 0.29) is 23.1 Å². The summed E-state index contributed by atoms with van der Waals surface area (Å²) < 4.78 is 16.8. The average molecular weight is 716 g/mol. The number of nitrogens with zero attached hydrogens (tertiary/aromatic N) is 4. The Hall–Kier alpha value is -3.67. The number of azo groups is 1. The van der Waals surface area contributed by atoms with E-state index in [1.807, 2.05) is 18.2 Å². The lowest BCUT2D eigenvalue weighted by molar-refractivity contribution is -0.162. The molecule has 0 saturated carbocycles. The Morgan fingerprint density at radius 2 is 1.46 bits per heavy atom. The second-order valence-corrected chi connectivity index (χ2v) is 12.3. The van der Waals surface area contributed by atoms with E-state index in [0.29, 0.717) is 89.5 Å². The van der Waals surface area contributed by atoms with Crippen LogP contribution in [-0.2, 0) is 46.5 Å². The van der Waals surface area contributed by atoms with Crippen molar-refractivity contribution < 1.29 is 38.6 Å². The average Bonchev–Trinajstić information content (AvgIpc) is 3.13. The molecule has 2 aromatic carbocycles. The van der Waals surface area contributed by atoms with Gasteiger partial charge in [-0.05, 0) is 61.3 Å². The predicted molar refractivity (Wildman–Crippen MR) is 188 cm³/mol. The maximum atomic E-state index is 13.5. The zero-order valence-electron chi connectivity index (χ0n) is 28.5. The molecule has 1 amide bonds. The summed E-state index contributed by atoms with van der Waals surface area (Å²) in [4.78, 5) is 46.8. The molecule has 2 heterocycles. The Labute approximate surface area is 296 Å². The van der Waals surface area contributed by atoms with Gasteiger partial charge < -0.3 is 24.6 Å². The molecule has 0 aromatic heterocycles. The van der Waals surface area contributed by atoms with Crippen LogP contribution in [0.5, 0.6) is 5.75 Å². The standard InChI is InChI=1S/C34H46ClN7O8/c1-23(44)31(32(45)40-29-17-24(22-43)28(35)21-30(29)46-4)42-41-27-19-25(33(5-13-47-14-6-33)49-38-11-9-36-2)18-26(20-27)34(7-15-48-16-8-34)50-39-12-10-37-3/h17-21,31,38-39,43H,2-3,5-16,22H2,1,4H3,(H,40,45)/b42-41-. The minimum atomic E-state index is -1.50. The third kappa shape index (κ3) is 9.98. The number of rotatable bonds is 19. The van der Waals surface area contributed by atoms with Crippen LogP contribution >= 0.6 is 11.6 Å². The zero-order valence-corrected chi connectivity index (χ0v) is 29.3. The van der Waals surface area contributed by atoms with Crippen molar-refractivity contribution in [2.75, 3.05) is 65.0 Å². The number of hydroxylamine groups is 2. The van der Waals surface area contributed by atoms with Gasteiger partial charge >= 0.3 is 0 Å². The number of Topliss-reactive ketones (excluding diaryl/α,β-unsaturated/α-hetero) is 1. The molecule has 16 heteroatoms. The molecule has 2 aliphatic rings. The van der Waals surface area contributed by atoms with E-state index in [2.05, 4.69) is 49.9 Å². The highest BCUT2D eigenvalue weighted by molar-refractivity contribution is 6.31. The Morgan fingerprint density at radius 3 is 1.92 bits per heavy atom. The first-order chi connectivity index (χ1) is 24.2. The fourth-order valence-corrected chi connectivity index (χ4v) is 5.97. The molecule has 2 aromatic rings. The third-order valence-corrected chi connectivity index (χ3v) is 8.92. The fourth-order valence-electron chi connectivity index (χ4n) is 5.76. The van der Waals surface area contributed by atoms with Crippen LogP contribution in [-0.4, -0.2) is 96.0 Å². The van der Waals surface area contributed by atoms with E-state index >= 15 is 0 Å². The van der Waals surface area contributed by atoms with E-state index in [1.165, 1.54) is 26.2 Å². The molecule has 2 fully saturated rings. The summed E-state index contributed by atoms with van der Waals surface area (Å²) in [5, 5.41) is 21.3. The van der Waals surface area contributed by atoms with Gasteiger partial charge in [0.05, 0.1) is 38.2 Å². The number of ketones is 1. The first kappa shape index (κ1) is 39.1. The van der Waals surface area contributed by atoms with Crippen LogP contribution in [0.3, 0.4) is 0 Å². The monoisotopic (exact) mass is 715 g/mol. The van der Waals surface area contributed by atoms with E-state index in [9.17, 15) is 14.7 Å². The normalized spacial score (nSPS) is 17.6. The van der Waals surface area contributed by atoms with Crippen LogP contribution in [0, 0.1) is 0 Å². The predicted octanol–water partition coefficient (Wildman–Crippen LogP) is 3.98. The molecule has 2 aliphatic heterocycles. The quantitative estimate of drug-likeness (QED) is 0.0545. The zero-order chi connectivity index (χ0) is 36.0. The van der Waals surface area contributed by atoms with Gasteiger partial charge in [0.2, 0.25) is 6.04 Å². The number of hydrogen-bond donors (Lipinski definition) is 4. The minimum absolute atomic E-state index is 0.215. The van der Waals surface area contributed by atoms with Crippen LogP contribution in [0.1, 0.15) is 49.3 Å². The van der Waals surface area contributed by atoms with Crippen molar-refractivity contribution in [2.24, 2.45) is 20.2 Å². The molecule has 50 heavy (non-hydrogen) atoms. The Kier molecular flexibility index (Phi) is 14.9. The van der Waals surface area contributed by atoms with Gasteiger partial charge in [0.15, 0.2) is 5.78 Å². The summed E-state index contributed by atoms with van der Waals surface area (Å²) in [5.74, 6) is -1.03. The number of carbonyl (C=O) groups excluding carboxylic acids is 2. The number of hydrogen-bond acceptors (Lipinski definition) is 14. The summed E-state index contributed by atoms with van der Waals surface area (Å²) >= 11 is 6.20. The Morgan fingerprint density at radius 1 is 0.920 bits per heavy atom. The number of ether oxygens (including phenoxy) is 3. The molecule has 0 spiro atoms. The number of amides is 1. The fraction of sp³-hybridized carbons (Fsp3) is 0.529. The smallest absolute Gasteiger partial charge is 0.258 e. The van der Waals surface area contributed by atoms with Gasteiger partial charge in [0, 0.05) is 76.3 Å². The van der Waals surface area contributed by atoms with Crippen molar-refractivity contribution in [1.29, 1.82) is 0 Å². The van der Waals surface area contributed by atoms with Crippen LogP contribution in [0.2, 0.25) is 5.02 Å². The van der Waals surface area contributed by atoms with Crippen molar-refractivity contribution in [3.8, 4) is 5.75 Å².